The summed E-state index contributed by atoms with van der Waals surface area (Å²) in [5.41, 5.74) is 6.65. The maximum Gasteiger partial charge on any atom is 0.166 e. The van der Waals surface area contributed by atoms with Gasteiger partial charge in [0, 0.05) is 17.0 Å². The lowest BCUT2D eigenvalue weighted by atomic mass is 9.99. The highest BCUT2D eigenvalue weighted by Gasteiger charge is 2.21. The Labute approximate surface area is 100 Å². The third kappa shape index (κ3) is 2.11. The van der Waals surface area contributed by atoms with Crippen LogP contribution in [0.5, 0.6) is 11.5 Å². The topological polar surface area (TPSA) is 44.5 Å². The highest BCUT2D eigenvalue weighted by Crippen LogP contribution is 2.41. The van der Waals surface area contributed by atoms with Crippen molar-refractivity contribution >= 4 is 11.6 Å². The molecule has 1 aliphatic rings. The lowest BCUT2D eigenvalue weighted by Crippen LogP contribution is -2.11. The van der Waals surface area contributed by atoms with E-state index in [2.05, 4.69) is 0 Å². The first kappa shape index (κ1) is 11.6. The van der Waals surface area contributed by atoms with Gasteiger partial charge in [0.2, 0.25) is 0 Å². The number of ether oxygens (including phenoxy) is 2. The van der Waals surface area contributed by atoms with Crippen molar-refractivity contribution < 1.29 is 9.47 Å². The van der Waals surface area contributed by atoms with Gasteiger partial charge in [-0.3, -0.25) is 0 Å². The Morgan fingerprint density at radius 2 is 2.12 bits per heavy atom. The number of fused-ring (bicyclic) bond motifs is 1. The summed E-state index contributed by atoms with van der Waals surface area (Å²) in [6, 6.07) is 3.70. The minimum absolute atomic E-state index is 0.171. The Morgan fingerprint density at radius 3 is 2.88 bits per heavy atom. The zero-order valence-electron chi connectivity index (χ0n) is 9.33. The molecule has 1 aromatic rings. The van der Waals surface area contributed by atoms with Crippen molar-refractivity contribution in [2.75, 3.05) is 19.8 Å². The molecule has 0 spiro atoms. The number of benzene rings is 1. The first-order chi connectivity index (χ1) is 7.74. The Kier molecular flexibility index (Phi) is 3.56. The van der Waals surface area contributed by atoms with Crippen molar-refractivity contribution in [2.24, 2.45) is 5.73 Å². The molecule has 0 aliphatic carbocycles. The first-order valence-corrected chi connectivity index (χ1v) is 5.90. The van der Waals surface area contributed by atoms with Gasteiger partial charge in [-0.2, -0.15) is 0 Å². The molecule has 88 valence electrons. The Balaban J connectivity index is 2.48. The van der Waals surface area contributed by atoms with Crippen LogP contribution < -0.4 is 15.2 Å². The molecule has 4 heteroatoms. The van der Waals surface area contributed by atoms with Gasteiger partial charge in [0.05, 0.1) is 13.2 Å². The summed E-state index contributed by atoms with van der Waals surface area (Å²) in [6.45, 7) is 3.93. The average molecular weight is 242 g/mol. The minimum atomic E-state index is 0.171. The van der Waals surface area contributed by atoms with Gasteiger partial charge in [-0.05, 0) is 24.6 Å². The van der Waals surface area contributed by atoms with Crippen LogP contribution in [0, 0.1) is 0 Å². The second-order valence-corrected chi connectivity index (χ2v) is 4.38. The number of hydrogen-bond acceptors (Lipinski definition) is 3. The van der Waals surface area contributed by atoms with Crippen LogP contribution in [0.3, 0.4) is 0 Å². The first-order valence-electron chi connectivity index (χ1n) is 5.52. The molecule has 1 aliphatic heterocycles. The summed E-state index contributed by atoms with van der Waals surface area (Å²) >= 11 is 6.20. The largest absolute Gasteiger partial charge is 0.490 e. The molecule has 1 unspecified atom stereocenters. The van der Waals surface area contributed by atoms with E-state index in [9.17, 15) is 0 Å². The molecule has 3 nitrogen and oxygen atoms in total. The van der Waals surface area contributed by atoms with Crippen LogP contribution in [0.2, 0.25) is 5.02 Å². The molecule has 2 N–H and O–H groups in total. The zero-order chi connectivity index (χ0) is 11.5. The van der Waals surface area contributed by atoms with E-state index < -0.39 is 0 Å². The fraction of sp³-hybridized carbons (Fsp3) is 0.500. The average Bonchev–Trinajstić information content (AvgIpc) is 2.53. The summed E-state index contributed by atoms with van der Waals surface area (Å²) < 4.78 is 11.3. The van der Waals surface area contributed by atoms with E-state index in [1.807, 2.05) is 19.1 Å². The molecule has 0 aromatic heterocycles. The molecule has 0 saturated heterocycles. The molecule has 0 saturated carbocycles. The van der Waals surface area contributed by atoms with Gasteiger partial charge >= 0.3 is 0 Å². The second kappa shape index (κ2) is 4.93. The molecular weight excluding hydrogens is 226 g/mol. The van der Waals surface area contributed by atoms with E-state index in [1.165, 1.54) is 0 Å². The number of halogens is 1. The summed E-state index contributed by atoms with van der Waals surface area (Å²) in [6.07, 6.45) is 0.892. The summed E-state index contributed by atoms with van der Waals surface area (Å²) in [4.78, 5) is 0. The molecule has 0 amide bonds. The lowest BCUT2D eigenvalue weighted by molar-refractivity contribution is 0.295. The lowest BCUT2D eigenvalue weighted by Gasteiger charge is -2.18. The quantitative estimate of drug-likeness (QED) is 0.866. The highest BCUT2D eigenvalue weighted by atomic mass is 35.5. The number of nitrogens with two attached hydrogens (primary N) is 1. The van der Waals surface area contributed by atoms with Crippen LogP contribution in [-0.4, -0.2) is 19.8 Å². The van der Waals surface area contributed by atoms with E-state index in [1.54, 1.807) is 0 Å². The van der Waals surface area contributed by atoms with E-state index in [0.29, 0.717) is 24.8 Å². The molecule has 1 atom stereocenters. The molecule has 1 aromatic carbocycles. The summed E-state index contributed by atoms with van der Waals surface area (Å²) in [5.74, 6) is 1.71. The van der Waals surface area contributed by atoms with E-state index in [-0.39, 0.29) is 5.92 Å². The Morgan fingerprint density at radius 1 is 1.38 bits per heavy atom. The minimum Gasteiger partial charge on any atom is -0.490 e. The van der Waals surface area contributed by atoms with Crippen LogP contribution in [0.4, 0.5) is 0 Å². The van der Waals surface area contributed by atoms with Crippen molar-refractivity contribution in [1.82, 2.24) is 0 Å². The van der Waals surface area contributed by atoms with Crippen molar-refractivity contribution in [1.29, 1.82) is 0 Å². The zero-order valence-corrected chi connectivity index (χ0v) is 10.1. The van der Waals surface area contributed by atoms with Gasteiger partial charge in [0.1, 0.15) is 0 Å². The Hall–Kier alpha value is -0.930. The summed E-state index contributed by atoms with van der Waals surface area (Å²) in [7, 11) is 0. The fourth-order valence-electron chi connectivity index (χ4n) is 1.81. The van der Waals surface area contributed by atoms with Crippen LogP contribution in [0.25, 0.3) is 0 Å². The van der Waals surface area contributed by atoms with Crippen LogP contribution in [0.15, 0.2) is 12.1 Å². The molecule has 2 rings (SSSR count). The summed E-state index contributed by atoms with van der Waals surface area (Å²) in [5, 5.41) is 0.696. The molecule has 0 radical (unpaired) electrons. The third-order valence-electron chi connectivity index (χ3n) is 2.75. The van der Waals surface area contributed by atoms with Crippen molar-refractivity contribution in [3.8, 4) is 11.5 Å². The molecule has 0 fully saturated rings. The normalized spacial score (nSPS) is 16.7. The standard InChI is InChI=1S/C12H16ClNO2/c1-8(7-14)11-9(13)3-4-10-12(11)16-6-2-5-15-10/h3-4,8H,2,5-7,14H2,1H3. The monoisotopic (exact) mass is 241 g/mol. The van der Waals surface area contributed by atoms with Gasteiger partial charge < -0.3 is 15.2 Å². The molecule has 0 bridgehead atoms. The van der Waals surface area contributed by atoms with Gasteiger partial charge in [-0.1, -0.05) is 18.5 Å². The molecule has 16 heavy (non-hydrogen) atoms. The smallest absolute Gasteiger partial charge is 0.166 e. The molecular formula is C12H16ClNO2. The van der Waals surface area contributed by atoms with Crippen LogP contribution >= 0.6 is 11.6 Å². The molecule has 1 heterocycles. The predicted molar refractivity (Wildman–Crippen MR) is 64.5 cm³/mol. The van der Waals surface area contributed by atoms with E-state index in [4.69, 9.17) is 26.8 Å². The van der Waals surface area contributed by atoms with Gasteiger partial charge in [0.25, 0.3) is 0 Å². The SMILES string of the molecule is CC(CN)c1c(Cl)ccc2c1OCCCO2. The predicted octanol–water partition coefficient (Wildman–Crippen LogP) is 2.56. The van der Waals surface area contributed by atoms with Gasteiger partial charge in [-0.15, -0.1) is 0 Å². The van der Waals surface area contributed by atoms with Crippen molar-refractivity contribution in [3.63, 3.8) is 0 Å². The number of rotatable bonds is 2. The van der Waals surface area contributed by atoms with Crippen molar-refractivity contribution in [2.45, 2.75) is 19.3 Å². The highest BCUT2D eigenvalue weighted by molar-refractivity contribution is 6.31. The van der Waals surface area contributed by atoms with Crippen molar-refractivity contribution in [3.05, 3.63) is 22.7 Å². The van der Waals surface area contributed by atoms with E-state index >= 15 is 0 Å². The Bertz CT molecular complexity index is 382. The fourth-order valence-corrected chi connectivity index (χ4v) is 2.15. The van der Waals surface area contributed by atoms with Gasteiger partial charge in [0.15, 0.2) is 11.5 Å². The van der Waals surface area contributed by atoms with Crippen LogP contribution in [-0.2, 0) is 0 Å². The maximum absolute atomic E-state index is 6.20. The van der Waals surface area contributed by atoms with Crippen LogP contribution in [0.1, 0.15) is 24.8 Å². The maximum atomic E-state index is 6.20. The third-order valence-corrected chi connectivity index (χ3v) is 3.08. The van der Waals surface area contributed by atoms with E-state index in [0.717, 1.165) is 23.5 Å². The second-order valence-electron chi connectivity index (χ2n) is 3.98. The van der Waals surface area contributed by atoms with Gasteiger partial charge in [-0.25, -0.2) is 0 Å². The number of hydrogen-bond donors (Lipinski definition) is 1.